The van der Waals surface area contributed by atoms with Gasteiger partial charge in [0, 0.05) is 45.7 Å². The van der Waals surface area contributed by atoms with E-state index in [0.29, 0.717) is 4.88 Å². The summed E-state index contributed by atoms with van der Waals surface area (Å²) in [6.45, 7) is 0.802. The van der Waals surface area contributed by atoms with Gasteiger partial charge >= 0.3 is 0 Å². The Bertz CT molecular complexity index is 1350. The lowest BCUT2D eigenvalue weighted by molar-refractivity contribution is 0.103. The highest BCUT2D eigenvalue weighted by molar-refractivity contribution is 7.21. The molecule has 3 aromatic heterocycles. The van der Waals surface area contributed by atoms with E-state index in [0.717, 1.165) is 44.5 Å². The monoisotopic (exact) mass is 412 g/mol. The summed E-state index contributed by atoms with van der Waals surface area (Å²) >= 11 is 1.50. The Morgan fingerprint density at radius 2 is 1.97 bits per heavy atom. The summed E-state index contributed by atoms with van der Waals surface area (Å²) in [5.41, 5.74) is 4.96. The average molecular weight is 413 g/mol. The van der Waals surface area contributed by atoms with E-state index < -0.39 is 0 Å². The van der Waals surface area contributed by atoms with Gasteiger partial charge < -0.3 is 15.6 Å². The highest BCUT2D eigenvalue weighted by Gasteiger charge is 2.14. The molecule has 3 N–H and O–H groups in total. The van der Waals surface area contributed by atoms with E-state index in [1.807, 2.05) is 61.9 Å². The van der Waals surface area contributed by atoms with Crippen molar-refractivity contribution >= 4 is 44.1 Å². The van der Waals surface area contributed by atoms with Crippen LogP contribution in [0.15, 0.2) is 73.1 Å². The quantitative estimate of drug-likeness (QED) is 0.361. The second-order valence-corrected chi connectivity index (χ2v) is 8.23. The molecule has 0 saturated carbocycles. The molecule has 5 nitrogen and oxygen atoms in total. The van der Waals surface area contributed by atoms with Gasteiger partial charge in [0.05, 0.1) is 4.88 Å². The number of carbonyl (C=O) groups is 1. The molecule has 2 aromatic carbocycles. The molecule has 30 heavy (non-hydrogen) atoms. The smallest absolute Gasteiger partial charge is 0.265 e. The maximum atomic E-state index is 12.9. The minimum absolute atomic E-state index is 0.0947. The molecule has 5 rings (SSSR count). The Hall–Kier alpha value is -3.48. The third-order valence-electron chi connectivity index (χ3n) is 5.09. The van der Waals surface area contributed by atoms with Gasteiger partial charge in [0.1, 0.15) is 5.65 Å². The minimum atomic E-state index is -0.0947. The predicted molar refractivity (Wildman–Crippen MR) is 124 cm³/mol. The fourth-order valence-corrected chi connectivity index (χ4v) is 4.60. The number of thiophene rings is 1. The number of amides is 1. The van der Waals surface area contributed by atoms with Crippen molar-refractivity contribution in [3.63, 3.8) is 0 Å². The van der Waals surface area contributed by atoms with E-state index in [-0.39, 0.29) is 5.91 Å². The third kappa shape index (κ3) is 3.47. The van der Waals surface area contributed by atoms with Crippen LogP contribution in [-0.4, -0.2) is 22.9 Å². The number of pyridine rings is 1. The van der Waals surface area contributed by atoms with Gasteiger partial charge in [0.25, 0.3) is 5.91 Å². The van der Waals surface area contributed by atoms with Gasteiger partial charge in [-0.25, -0.2) is 4.98 Å². The van der Waals surface area contributed by atoms with E-state index in [1.165, 1.54) is 16.9 Å². The van der Waals surface area contributed by atoms with Crippen molar-refractivity contribution in [2.75, 3.05) is 12.4 Å². The van der Waals surface area contributed by atoms with Crippen LogP contribution in [0, 0.1) is 0 Å². The fraction of sp³-hybridized carbons (Fsp3) is 0.0833. The molecule has 0 spiro atoms. The fourth-order valence-electron chi connectivity index (χ4n) is 3.61. The lowest BCUT2D eigenvalue weighted by Crippen LogP contribution is -2.10. The lowest BCUT2D eigenvalue weighted by atomic mass is 10.0. The van der Waals surface area contributed by atoms with E-state index in [4.69, 9.17) is 0 Å². The van der Waals surface area contributed by atoms with Gasteiger partial charge in [-0.1, -0.05) is 24.3 Å². The van der Waals surface area contributed by atoms with Crippen LogP contribution in [0.4, 0.5) is 5.69 Å². The van der Waals surface area contributed by atoms with Crippen LogP contribution < -0.4 is 10.6 Å². The first kappa shape index (κ1) is 18.5. The van der Waals surface area contributed by atoms with Gasteiger partial charge in [0.15, 0.2) is 0 Å². The molecule has 148 valence electrons. The van der Waals surface area contributed by atoms with Crippen molar-refractivity contribution in [2.45, 2.75) is 6.54 Å². The molecule has 0 bridgehead atoms. The zero-order valence-corrected chi connectivity index (χ0v) is 17.2. The number of rotatable bonds is 5. The number of aromatic amines is 1. The minimum Gasteiger partial charge on any atom is -0.346 e. The largest absolute Gasteiger partial charge is 0.346 e. The molecule has 0 aliphatic carbocycles. The number of nitrogens with zero attached hydrogens (tertiary/aromatic N) is 1. The average Bonchev–Trinajstić information content (AvgIpc) is 3.41. The van der Waals surface area contributed by atoms with E-state index >= 15 is 0 Å². The number of anilines is 1. The summed E-state index contributed by atoms with van der Waals surface area (Å²) in [6, 6.07) is 20.2. The van der Waals surface area contributed by atoms with E-state index in [2.05, 4.69) is 38.8 Å². The summed E-state index contributed by atoms with van der Waals surface area (Å²) < 4.78 is 1.08. The second-order valence-electron chi connectivity index (χ2n) is 7.15. The first-order valence-electron chi connectivity index (χ1n) is 9.72. The zero-order valence-electron chi connectivity index (χ0n) is 16.4. The van der Waals surface area contributed by atoms with Crippen LogP contribution in [-0.2, 0) is 6.54 Å². The van der Waals surface area contributed by atoms with Gasteiger partial charge in [-0.15, -0.1) is 11.3 Å². The summed E-state index contributed by atoms with van der Waals surface area (Å²) in [7, 11) is 1.91. The van der Waals surface area contributed by atoms with Crippen LogP contribution in [0.3, 0.4) is 0 Å². The number of H-pyrrole nitrogens is 1. The zero-order chi connectivity index (χ0) is 20.5. The summed E-state index contributed by atoms with van der Waals surface area (Å²) in [5.74, 6) is -0.0947. The maximum Gasteiger partial charge on any atom is 0.265 e. The van der Waals surface area contributed by atoms with Crippen LogP contribution >= 0.6 is 11.3 Å². The molecule has 0 aliphatic rings. The van der Waals surface area contributed by atoms with Crippen molar-refractivity contribution in [3.05, 3.63) is 83.5 Å². The molecule has 3 heterocycles. The Kier molecular flexibility index (Phi) is 4.78. The standard InChI is InChI=1S/C24H20N4OS/c1-25-13-15-5-7-18(8-6-15)28-24(29)22-12-20-19(3-2-4-21(20)30-22)17-11-16-9-10-26-23(16)27-14-17/h2-12,14,25H,13H2,1H3,(H,26,27)(H,28,29). The first-order chi connectivity index (χ1) is 14.7. The molecule has 0 unspecified atom stereocenters. The molecule has 5 aromatic rings. The second kappa shape index (κ2) is 7.74. The predicted octanol–water partition coefficient (Wildman–Crippen LogP) is 5.42. The van der Waals surface area contributed by atoms with Crippen molar-refractivity contribution in [1.29, 1.82) is 0 Å². The first-order valence-corrected chi connectivity index (χ1v) is 10.5. The Morgan fingerprint density at radius 3 is 2.80 bits per heavy atom. The van der Waals surface area contributed by atoms with Crippen molar-refractivity contribution in [2.24, 2.45) is 0 Å². The van der Waals surface area contributed by atoms with Crippen molar-refractivity contribution < 1.29 is 4.79 Å². The molecule has 0 radical (unpaired) electrons. The number of carbonyl (C=O) groups excluding carboxylic acids is 1. The van der Waals surface area contributed by atoms with Crippen LogP contribution in [0.2, 0.25) is 0 Å². The molecule has 1 amide bonds. The molecule has 6 heteroatoms. The number of fused-ring (bicyclic) bond motifs is 2. The van der Waals surface area contributed by atoms with Gasteiger partial charge in [-0.2, -0.15) is 0 Å². The van der Waals surface area contributed by atoms with Gasteiger partial charge in [-0.05, 0) is 54.6 Å². The third-order valence-corrected chi connectivity index (χ3v) is 6.19. The van der Waals surface area contributed by atoms with Crippen LogP contribution in [0.5, 0.6) is 0 Å². The summed E-state index contributed by atoms with van der Waals surface area (Å²) in [5, 5.41) is 8.26. The normalized spacial score (nSPS) is 11.2. The number of nitrogens with one attached hydrogen (secondary N) is 3. The number of hydrogen-bond acceptors (Lipinski definition) is 4. The molecule has 0 atom stereocenters. The van der Waals surface area contributed by atoms with Gasteiger partial charge in [0.2, 0.25) is 0 Å². The lowest BCUT2D eigenvalue weighted by Gasteiger charge is -2.05. The van der Waals surface area contributed by atoms with E-state index in [9.17, 15) is 4.79 Å². The Labute approximate surface area is 177 Å². The van der Waals surface area contributed by atoms with Gasteiger partial charge in [-0.3, -0.25) is 4.79 Å². The Balaban J connectivity index is 1.46. The maximum absolute atomic E-state index is 12.9. The Morgan fingerprint density at radius 1 is 1.10 bits per heavy atom. The molecular formula is C24H20N4OS. The van der Waals surface area contributed by atoms with E-state index in [1.54, 1.807) is 0 Å². The number of benzene rings is 2. The van der Waals surface area contributed by atoms with Crippen molar-refractivity contribution in [1.82, 2.24) is 15.3 Å². The van der Waals surface area contributed by atoms with Crippen LogP contribution in [0.1, 0.15) is 15.2 Å². The topological polar surface area (TPSA) is 69.8 Å². The highest BCUT2D eigenvalue weighted by atomic mass is 32.1. The molecule has 0 fully saturated rings. The number of hydrogen-bond donors (Lipinski definition) is 3. The molecule has 0 saturated heterocycles. The SMILES string of the molecule is CNCc1ccc(NC(=O)c2cc3c(-c4cnc5[nH]ccc5c4)cccc3s2)cc1. The summed E-state index contributed by atoms with van der Waals surface area (Å²) in [6.07, 6.45) is 3.76. The highest BCUT2D eigenvalue weighted by Crippen LogP contribution is 2.35. The van der Waals surface area contributed by atoms with Crippen molar-refractivity contribution in [3.8, 4) is 11.1 Å². The van der Waals surface area contributed by atoms with Crippen LogP contribution in [0.25, 0.3) is 32.2 Å². The summed E-state index contributed by atoms with van der Waals surface area (Å²) in [4.78, 5) is 21.2. The molecular weight excluding hydrogens is 392 g/mol. The molecule has 0 aliphatic heterocycles. The number of aromatic nitrogens is 2.